The number of ether oxygens (including phenoxy) is 2. The second kappa shape index (κ2) is 5.91. The van der Waals surface area contributed by atoms with Crippen molar-refractivity contribution in [2.75, 3.05) is 7.11 Å². The van der Waals surface area contributed by atoms with E-state index >= 15 is 0 Å². The molecule has 0 radical (unpaired) electrons. The summed E-state index contributed by atoms with van der Waals surface area (Å²) >= 11 is 5.98. The molecule has 0 fully saturated rings. The van der Waals surface area contributed by atoms with Gasteiger partial charge in [0.1, 0.15) is 11.4 Å². The lowest BCUT2D eigenvalue weighted by Gasteiger charge is -2.17. The molecule has 98 valence electrons. The van der Waals surface area contributed by atoms with Crippen molar-refractivity contribution >= 4 is 23.6 Å². The topological polar surface area (TPSA) is 35.5 Å². The highest BCUT2D eigenvalue weighted by molar-refractivity contribution is 6.32. The maximum atomic E-state index is 11.5. The van der Waals surface area contributed by atoms with Crippen molar-refractivity contribution < 1.29 is 14.3 Å². The molecule has 0 bridgehead atoms. The number of benzene rings is 1. The van der Waals surface area contributed by atoms with Crippen LogP contribution in [0.2, 0.25) is 5.02 Å². The van der Waals surface area contributed by atoms with Gasteiger partial charge in [-0.15, -0.1) is 0 Å². The molecule has 0 aromatic heterocycles. The van der Waals surface area contributed by atoms with Gasteiger partial charge in [0.15, 0.2) is 0 Å². The Labute approximate surface area is 112 Å². The van der Waals surface area contributed by atoms with Crippen LogP contribution in [0.25, 0.3) is 6.08 Å². The Hall–Kier alpha value is -1.48. The zero-order valence-electron chi connectivity index (χ0n) is 11.0. The molecule has 0 amide bonds. The number of hydrogen-bond donors (Lipinski definition) is 0. The summed E-state index contributed by atoms with van der Waals surface area (Å²) in [6.07, 6.45) is 3.03. The Bertz CT molecular complexity index is 459. The molecule has 3 nitrogen and oxygen atoms in total. The Morgan fingerprint density at radius 3 is 2.50 bits per heavy atom. The van der Waals surface area contributed by atoms with Crippen LogP contribution in [0.3, 0.4) is 0 Å². The fraction of sp³-hybridized carbons (Fsp3) is 0.357. The second-order valence-electron chi connectivity index (χ2n) is 4.76. The molecule has 0 atom stereocenters. The van der Waals surface area contributed by atoms with Gasteiger partial charge >= 0.3 is 5.97 Å². The van der Waals surface area contributed by atoms with E-state index in [9.17, 15) is 4.79 Å². The minimum absolute atomic E-state index is 0.380. The number of hydrogen-bond acceptors (Lipinski definition) is 3. The van der Waals surface area contributed by atoms with E-state index in [1.165, 1.54) is 6.08 Å². The molecule has 1 aromatic carbocycles. The first-order chi connectivity index (χ1) is 8.31. The number of esters is 1. The molecule has 0 spiro atoms. The Kier molecular flexibility index (Phi) is 4.79. The smallest absolute Gasteiger partial charge is 0.331 e. The van der Waals surface area contributed by atoms with Crippen LogP contribution in [0.4, 0.5) is 0 Å². The fourth-order valence-corrected chi connectivity index (χ4v) is 1.55. The molecule has 0 aliphatic rings. The van der Waals surface area contributed by atoms with Crippen molar-refractivity contribution in [1.29, 1.82) is 0 Å². The van der Waals surface area contributed by atoms with E-state index in [4.69, 9.17) is 21.1 Å². The highest BCUT2D eigenvalue weighted by Gasteiger charge is 2.13. The van der Waals surface area contributed by atoms with Crippen LogP contribution in [-0.4, -0.2) is 18.7 Å². The van der Waals surface area contributed by atoms with Crippen LogP contribution in [0.5, 0.6) is 5.75 Å². The maximum Gasteiger partial charge on any atom is 0.331 e. The number of carbonyl (C=O) groups excluding carboxylic acids is 1. The molecule has 0 saturated carbocycles. The van der Waals surface area contributed by atoms with Gasteiger partial charge in [-0.2, -0.15) is 0 Å². The average Bonchev–Trinajstić information content (AvgIpc) is 2.24. The van der Waals surface area contributed by atoms with Gasteiger partial charge in [-0.1, -0.05) is 17.7 Å². The molecular formula is C14H17ClO3. The summed E-state index contributed by atoms with van der Waals surface area (Å²) in [5, 5.41) is 0.504. The highest BCUT2D eigenvalue weighted by Crippen LogP contribution is 2.25. The van der Waals surface area contributed by atoms with Crippen LogP contribution in [0.15, 0.2) is 24.3 Å². The van der Waals surface area contributed by atoms with Crippen molar-refractivity contribution in [3.63, 3.8) is 0 Å². The molecule has 0 aliphatic carbocycles. The van der Waals surface area contributed by atoms with Gasteiger partial charge in [0, 0.05) is 6.08 Å². The molecule has 0 saturated heterocycles. The number of carbonyl (C=O) groups is 1. The van der Waals surface area contributed by atoms with Crippen molar-refractivity contribution in [2.24, 2.45) is 0 Å². The van der Waals surface area contributed by atoms with Crippen LogP contribution in [-0.2, 0) is 9.53 Å². The number of halogens is 1. The van der Waals surface area contributed by atoms with E-state index in [1.54, 1.807) is 25.3 Å². The van der Waals surface area contributed by atoms with E-state index in [1.807, 2.05) is 26.8 Å². The van der Waals surface area contributed by atoms with Crippen LogP contribution < -0.4 is 4.74 Å². The van der Waals surface area contributed by atoms with Crippen molar-refractivity contribution in [3.8, 4) is 5.75 Å². The first kappa shape index (κ1) is 14.6. The third kappa shape index (κ3) is 4.80. The molecule has 0 aliphatic heterocycles. The van der Waals surface area contributed by atoms with E-state index in [0.29, 0.717) is 10.8 Å². The molecular weight excluding hydrogens is 252 g/mol. The first-order valence-corrected chi connectivity index (χ1v) is 5.94. The van der Waals surface area contributed by atoms with E-state index < -0.39 is 5.60 Å². The maximum absolute atomic E-state index is 11.5. The second-order valence-corrected chi connectivity index (χ2v) is 5.17. The molecule has 0 heterocycles. The standard InChI is InChI=1S/C14H17ClO3/c1-14(2,3)18-13(16)8-6-10-5-7-12(17-4)11(15)9-10/h5-9H,1-4H3/b8-6+. The number of rotatable bonds is 3. The predicted octanol–water partition coefficient (Wildman–Crippen LogP) is 3.70. The summed E-state index contributed by atoms with van der Waals surface area (Å²) in [5.74, 6) is 0.223. The lowest BCUT2D eigenvalue weighted by Crippen LogP contribution is -2.22. The van der Waals surface area contributed by atoms with Crippen LogP contribution in [0.1, 0.15) is 26.3 Å². The monoisotopic (exact) mass is 268 g/mol. The molecule has 1 rings (SSSR count). The average molecular weight is 269 g/mol. The van der Waals surface area contributed by atoms with Gasteiger partial charge in [-0.05, 0) is 44.5 Å². The summed E-state index contributed by atoms with van der Waals surface area (Å²) in [7, 11) is 1.55. The predicted molar refractivity (Wildman–Crippen MR) is 72.9 cm³/mol. The lowest BCUT2D eigenvalue weighted by atomic mass is 10.2. The van der Waals surface area contributed by atoms with Gasteiger partial charge in [0.25, 0.3) is 0 Å². The van der Waals surface area contributed by atoms with Gasteiger partial charge in [-0.25, -0.2) is 4.79 Å². The highest BCUT2D eigenvalue weighted by atomic mass is 35.5. The summed E-state index contributed by atoms with van der Waals surface area (Å²) in [4.78, 5) is 11.5. The largest absolute Gasteiger partial charge is 0.495 e. The zero-order chi connectivity index (χ0) is 13.8. The minimum atomic E-state index is -0.487. The summed E-state index contributed by atoms with van der Waals surface area (Å²) in [5.41, 5.74) is 0.325. The van der Waals surface area contributed by atoms with Gasteiger partial charge in [-0.3, -0.25) is 0 Å². The molecule has 0 unspecified atom stereocenters. The summed E-state index contributed by atoms with van der Waals surface area (Å²) in [6, 6.07) is 5.28. The van der Waals surface area contributed by atoms with Crippen LogP contribution in [0, 0.1) is 0 Å². The van der Waals surface area contributed by atoms with Gasteiger partial charge < -0.3 is 9.47 Å². The Morgan fingerprint density at radius 1 is 1.33 bits per heavy atom. The Morgan fingerprint density at radius 2 is 2.00 bits per heavy atom. The zero-order valence-corrected chi connectivity index (χ0v) is 11.7. The van der Waals surface area contributed by atoms with E-state index in [0.717, 1.165) is 5.56 Å². The SMILES string of the molecule is COc1ccc(/C=C/C(=O)OC(C)(C)C)cc1Cl. The van der Waals surface area contributed by atoms with Crippen molar-refractivity contribution in [3.05, 3.63) is 34.9 Å². The lowest BCUT2D eigenvalue weighted by molar-refractivity contribution is -0.148. The third-order valence-corrected chi connectivity index (χ3v) is 2.29. The van der Waals surface area contributed by atoms with Gasteiger partial charge in [0.2, 0.25) is 0 Å². The fourth-order valence-electron chi connectivity index (χ4n) is 1.29. The molecule has 1 aromatic rings. The summed E-state index contributed by atoms with van der Waals surface area (Å²) < 4.78 is 10.2. The first-order valence-electron chi connectivity index (χ1n) is 5.56. The quantitative estimate of drug-likeness (QED) is 0.619. The van der Waals surface area contributed by atoms with E-state index in [-0.39, 0.29) is 5.97 Å². The molecule has 4 heteroatoms. The normalized spacial score (nSPS) is 11.6. The minimum Gasteiger partial charge on any atom is -0.495 e. The summed E-state index contributed by atoms with van der Waals surface area (Å²) in [6.45, 7) is 5.47. The van der Waals surface area contributed by atoms with Crippen LogP contribution >= 0.6 is 11.6 Å². The van der Waals surface area contributed by atoms with E-state index in [2.05, 4.69) is 0 Å². The van der Waals surface area contributed by atoms with Crippen molar-refractivity contribution in [2.45, 2.75) is 26.4 Å². The molecule has 0 N–H and O–H groups in total. The third-order valence-electron chi connectivity index (χ3n) is 1.99. The number of methoxy groups -OCH3 is 1. The van der Waals surface area contributed by atoms with Crippen molar-refractivity contribution in [1.82, 2.24) is 0 Å². The molecule has 18 heavy (non-hydrogen) atoms. The van der Waals surface area contributed by atoms with Gasteiger partial charge in [0.05, 0.1) is 12.1 Å². The Balaban J connectivity index is 2.73.